The molecule has 0 bridgehead atoms. The van der Waals surface area contributed by atoms with Gasteiger partial charge in [0, 0.05) is 25.2 Å². The van der Waals surface area contributed by atoms with Gasteiger partial charge < -0.3 is 4.90 Å². The molecule has 5 heteroatoms. The second-order valence-electron chi connectivity index (χ2n) is 6.03. The van der Waals surface area contributed by atoms with Gasteiger partial charge in [-0.25, -0.2) is 0 Å². The van der Waals surface area contributed by atoms with E-state index in [2.05, 4.69) is 45.6 Å². The van der Waals surface area contributed by atoms with Crippen molar-refractivity contribution in [1.82, 2.24) is 20.1 Å². The molecule has 1 fully saturated rings. The normalized spacial score (nSPS) is 17.0. The summed E-state index contributed by atoms with van der Waals surface area (Å²) in [7, 11) is 0. The Morgan fingerprint density at radius 1 is 1.12 bits per heavy atom. The molecule has 0 amide bonds. The lowest BCUT2D eigenvalue weighted by Gasteiger charge is -2.05. The van der Waals surface area contributed by atoms with Crippen molar-refractivity contribution in [2.45, 2.75) is 12.3 Å². The number of nitriles is 1. The summed E-state index contributed by atoms with van der Waals surface area (Å²) in [4.78, 5) is 6.26. The number of aromatic nitrogens is 3. The van der Waals surface area contributed by atoms with Gasteiger partial charge in [-0.05, 0) is 35.7 Å². The summed E-state index contributed by atoms with van der Waals surface area (Å²) in [6.07, 6.45) is 5.00. The molecule has 1 N–H and O–H groups in total. The van der Waals surface area contributed by atoms with Gasteiger partial charge in [-0.2, -0.15) is 10.4 Å². The van der Waals surface area contributed by atoms with Crippen molar-refractivity contribution < 1.29 is 0 Å². The van der Waals surface area contributed by atoms with E-state index in [0.29, 0.717) is 5.92 Å². The van der Waals surface area contributed by atoms with Crippen LogP contribution in [0.2, 0.25) is 0 Å². The zero-order valence-corrected chi connectivity index (χ0v) is 13.2. The molecule has 3 heterocycles. The molecule has 5 nitrogen and oxygen atoms in total. The quantitative estimate of drug-likeness (QED) is 0.752. The highest BCUT2D eigenvalue weighted by molar-refractivity contribution is 5.68. The molecule has 2 aromatic heterocycles. The van der Waals surface area contributed by atoms with E-state index < -0.39 is 0 Å². The van der Waals surface area contributed by atoms with Gasteiger partial charge in [0.25, 0.3) is 0 Å². The van der Waals surface area contributed by atoms with E-state index in [0.717, 1.165) is 42.2 Å². The Morgan fingerprint density at radius 3 is 2.79 bits per heavy atom. The first-order chi connectivity index (χ1) is 11.8. The Balaban J connectivity index is 1.60. The van der Waals surface area contributed by atoms with Crippen LogP contribution in [0.5, 0.6) is 0 Å². The third-order valence-corrected chi connectivity index (χ3v) is 4.49. The molecule has 3 aromatic rings. The second kappa shape index (κ2) is 6.17. The van der Waals surface area contributed by atoms with E-state index in [1.165, 1.54) is 5.56 Å². The van der Waals surface area contributed by atoms with Gasteiger partial charge in [0.1, 0.15) is 0 Å². The van der Waals surface area contributed by atoms with Crippen LogP contribution in [0, 0.1) is 11.5 Å². The van der Waals surface area contributed by atoms with Crippen LogP contribution in [0.3, 0.4) is 0 Å². The van der Waals surface area contributed by atoms with Crippen molar-refractivity contribution in [3.8, 4) is 28.7 Å². The topological polar surface area (TPSA) is 68.6 Å². The number of pyridine rings is 1. The number of likely N-dealkylation sites (tertiary alicyclic amines) is 1. The summed E-state index contributed by atoms with van der Waals surface area (Å²) in [6, 6.07) is 16.4. The molecule has 1 saturated heterocycles. The number of benzene rings is 1. The molecule has 24 heavy (non-hydrogen) atoms. The van der Waals surface area contributed by atoms with E-state index >= 15 is 0 Å². The number of aromatic amines is 1. The monoisotopic (exact) mass is 315 g/mol. The van der Waals surface area contributed by atoms with Crippen LogP contribution >= 0.6 is 0 Å². The standard InChI is InChI=1S/C19H17N5/c20-13-24-9-7-16(12-24)17-11-19(23-22-17)18-10-15(6-8-21-18)14-4-2-1-3-5-14/h1-6,8,10-11,16H,7,9,12H2,(H,22,23). The molecule has 0 saturated carbocycles. The van der Waals surface area contributed by atoms with Crippen molar-refractivity contribution in [1.29, 1.82) is 5.26 Å². The van der Waals surface area contributed by atoms with Crippen molar-refractivity contribution in [2.75, 3.05) is 13.1 Å². The van der Waals surface area contributed by atoms with Crippen LogP contribution in [0.15, 0.2) is 54.7 Å². The smallest absolute Gasteiger partial charge is 0.179 e. The van der Waals surface area contributed by atoms with Crippen LogP contribution in [-0.2, 0) is 0 Å². The minimum atomic E-state index is 0.312. The predicted molar refractivity (Wildman–Crippen MR) is 91.8 cm³/mol. The van der Waals surface area contributed by atoms with Crippen molar-refractivity contribution in [3.63, 3.8) is 0 Å². The average molecular weight is 315 g/mol. The molecule has 1 atom stereocenters. The summed E-state index contributed by atoms with van der Waals surface area (Å²) in [5.41, 5.74) is 5.10. The molecule has 1 aliphatic heterocycles. The third kappa shape index (κ3) is 2.74. The van der Waals surface area contributed by atoms with Crippen LogP contribution in [0.4, 0.5) is 0 Å². The molecule has 0 aliphatic carbocycles. The molecule has 4 rings (SSSR count). The first-order valence-electron chi connectivity index (χ1n) is 8.05. The van der Waals surface area contributed by atoms with Crippen molar-refractivity contribution in [3.05, 3.63) is 60.4 Å². The molecule has 118 valence electrons. The number of rotatable bonds is 3. The SMILES string of the molecule is N#CN1CCC(c2cc(-c3cc(-c4ccccc4)ccn3)[nH]n2)C1. The van der Waals surface area contributed by atoms with Gasteiger partial charge in [-0.15, -0.1) is 0 Å². The number of hydrogen-bond donors (Lipinski definition) is 1. The molecular formula is C19H17N5. The van der Waals surface area contributed by atoms with Gasteiger partial charge in [-0.3, -0.25) is 10.1 Å². The van der Waals surface area contributed by atoms with Gasteiger partial charge in [0.05, 0.1) is 17.1 Å². The van der Waals surface area contributed by atoms with Crippen LogP contribution in [-0.4, -0.2) is 33.2 Å². The lowest BCUT2D eigenvalue weighted by molar-refractivity contribution is 0.478. The van der Waals surface area contributed by atoms with Crippen LogP contribution in [0.1, 0.15) is 18.0 Å². The van der Waals surface area contributed by atoms with E-state index in [1.54, 1.807) is 4.90 Å². The minimum Gasteiger partial charge on any atom is -0.310 e. The van der Waals surface area contributed by atoms with Crippen LogP contribution in [0.25, 0.3) is 22.5 Å². The second-order valence-corrected chi connectivity index (χ2v) is 6.03. The largest absolute Gasteiger partial charge is 0.310 e. The fourth-order valence-corrected chi connectivity index (χ4v) is 3.16. The Hall–Kier alpha value is -3.13. The highest BCUT2D eigenvalue weighted by Gasteiger charge is 2.25. The summed E-state index contributed by atoms with van der Waals surface area (Å²) < 4.78 is 0. The first kappa shape index (κ1) is 14.5. The summed E-state index contributed by atoms with van der Waals surface area (Å²) in [6.45, 7) is 1.56. The van der Waals surface area contributed by atoms with Gasteiger partial charge in [0.2, 0.25) is 0 Å². The average Bonchev–Trinajstić information content (AvgIpc) is 3.32. The van der Waals surface area contributed by atoms with Gasteiger partial charge >= 0.3 is 0 Å². The van der Waals surface area contributed by atoms with E-state index in [4.69, 9.17) is 5.26 Å². The minimum absolute atomic E-state index is 0.312. The highest BCUT2D eigenvalue weighted by Crippen LogP contribution is 2.29. The molecule has 0 spiro atoms. The van der Waals surface area contributed by atoms with E-state index in [1.807, 2.05) is 30.5 Å². The van der Waals surface area contributed by atoms with Crippen LogP contribution < -0.4 is 0 Å². The molecule has 1 unspecified atom stereocenters. The highest BCUT2D eigenvalue weighted by atomic mass is 15.2. The maximum Gasteiger partial charge on any atom is 0.179 e. The number of nitrogens with one attached hydrogen (secondary N) is 1. The van der Waals surface area contributed by atoms with Gasteiger partial charge in [-0.1, -0.05) is 30.3 Å². The summed E-state index contributed by atoms with van der Waals surface area (Å²) in [5.74, 6) is 0.312. The summed E-state index contributed by atoms with van der Waals surface area (Å²) >= 11 is 0. The number of nitrogens with zero attached hydrogens (tertiary/aromatic N) is 4. The van der Waals surface area contributed by atoms with Crippen molar-refractivity contribution >= 4 is 0 Å². The Bertz CT molecular complexity index is 878. The molecule has 0 radical (unpaired) electrons. The maximum atomic E-state index is 8.99. The van der Waals surface area contributed by atoms with E-state index in [9.17, 15) is 0 Å². The third-order valence-electron chi connectivity index (χ3n) is 4.49. The number of H-pyrrole nitrogens is 1. The van der Waals surface area contributed by atoms with E-state index in [-0.39, 0.29) is 0 Å². The predicted octanol–water partition coefficient (Wildman–Crippen LogP) is 3.41. The fraction of sp³-hybridized carbons (Fsp3) is 0.211. The Labute approximate surface area is 140 Å². The lowest BCUT2D eigenvalue weighted by Crippen LogP contribution is -2.12. The first-order valence-corrected chi connectivity index (χ1v) is 8.05. The molecular weight excluding hydrogens is 298 g/mol. The zero-order chi connectivity index (χ0) is 16.4. The Morgan fingerprint density at radius 2 is 2.00 bits per heavy atom. The lowest BCUT2D eigenvalue weighted by atomic mass is 10.0. The molecule has 1 aromatic carbocycles. The van der Waals surface area contributed by atoms with Gasteiger partial charge in [0.15, 0.2) is 6.19 Å². The zero-order valence-electron chi connectivity index (χ0n) is 13.2. The number of hydrogen-bond acceptors (Lipinski definition) is 4. The Kier molecular flexibility index (Phi) is 3.72. The maximum absolute atomic E-state index is 8.99. The van der Waals surface area contributed by atoms with Crippen molar-refractivity contribution in [2.24, 2.45) is 0 Å². The summed E-state index contributed by atoms with van der Waals surface area (Å²) in [5, 5.41) is 16.5. The molecule has 1 aliphatic rings. The fourth-order valence-electron chi connectivity index (χ4n) is 3.16.